The lowest BCUT2D eigenvalue weighted by molar-refractivity contribution is -0.384. The summed E-state index contributed by atoms with van der Waals surface area (Å²) in [6.07, 6.45) is 3.46. The summed E-state index contributed by atoms with van der Waals surface area (Å²) in [5.41, 5.74) is 6.24. The van der Waals surface area contributed by atoms with E-state index >= 15 is 0 Å². The zero-order valence-electron chi connectivity index (χ0n) is 10.4. The Morgan fingerprint density at radius 2 is 2.42 bits per heavy atom. The van der Waals surface area contributed by atoms with E-state index in [9.17, 15) is 10.1 Å². The summed E-state index contributed by atoms with van der Waals surface area (Å²) in [6, 6.07) is -0.200. The van der Waals surface area contributed by atoms with E-state index in [1.165, 1.54) is 12.4 Å². The Labute approximate surface area is 118 Å². The van der Waals surface area contributed by atoms with Crippen molar-refractivity contribution < 1.29 is 9.66 Å². The lowest BCUT2D eigenvalue weighted by atomic mass is 9.83. The number of hydrogen-bond donors (Lipinski definition) is 2. The molecule has 0 bridgehead atoms. The predicted octanol–water partition coefficient (Wildman–Crippen LogP) is 1.67. The lowest BCUT2D eigenvalue weighted by Crippen LogP contribution is -2.60. The molecule has 1 heterocycles. The Balaban J connectivity index is 2.21. The quantitative estimate of drug-likeness (QED) is 0.628. The Morgan fingerprint density at radius 3 is 3.00 bits per heavy atom. The van der Waals surface area contributed by atoms with Crippen molar-refractivity contribution in [3.05, 3.63) is 27.0 Å². The molecular formula is C11H15BrN4O3. The fourth-order valence-corrected chi connectivity index (χ4v) is 2.54. The molecule has 1 aliphatic carbocycles. The van der Waals surface area contributed by atoms with Crippen molar-refractivity contribution in [3.8, 4) is 0 Å². The van der Waals surface area contributed by atoms with Crippen molar-refractivity contribution in [2.24, 2.45) is 5.73 Å². The first-order valence-corrected chi connectivity index (χ1v) is 6.75. The van der Waals surface area contributed by atoms with Gasteiger partial charge < -0.3 is 15.8 Å². The third-order valence-electron chi connectivity index (χ3n) is 3.13. The fraction of sp³-hybridized carbons (Fsp3) is 0.545. The molecule has 7 nitrogen and oxygen atoms in total. The van der Waals surface area contributed by atoms with Crippen LogP contribution >= 0.6 is 15.9 Å². The van der Waals surface area contributed by atoms with E-state index in [0.717, 1.165) is 6.42 Å². The number of nitrogens with two attached hydrogens (primary N) is 1. The van der Waals surface area contributed by atoms with Gasteiger partial charge >= 0.3 is 5.69 Å². The summed E-state index contributed by atoms with van der Waals surface area (Å²) in [6.45, 7) is 2.50. The number of ether oxygens (including phenoxy) is 1. The van der Waals surface area contributed by atoms with Gasteiger partial charge in [0.2, 0.25) is 0 Å². The first kappa shape index (κ1) is 14.2. The van der Waals surface area contributed by atoms with Crippen LogP contribution in [-0.2, 0) is 4.74 Å². The average Bonchev–Trinajstić information content (AvgIpc) is 2.36. The average molecular weight is 331 g/mol. The standard InChI is InChI=1S/C11H15BrN4O3/c1-2-19-9-3-7(13)11(9)15-10-6(12)4-14-5-8(10)16(17)18/h4-5,7,9,11H,2-3,13H2,1H3,(H,14,15). The molecule has 3 atom stereocenters. The van der Waals surface area contributed by atoms with E-state index in [1.807, 2.05) is 6.92 Å². The second-order valence-corrected chi connectivity index (χ2v) is 5.19. The van der Waals surface area contributed by atoms with Crippen LogP contribution in [0.5, 0.6) is 0 Å². The molecule has 1 aliphatic rings. The SMILES string of the molecule is CCOC1CC(N)C1Nc1c(Br)cncc1[N+](=O)[O-]. The molecule has 0 aliphatic heterocycles. The molecule has 1 fully saturated rings. The van der Waals surface area contributed by atoms with Crippen molar-refractivity contribution in [1.29, 1.82) is 0 Å². The first-order valence-electron chi connectivity index (χ1n) is 5.96. The minimum atomic E-state index is -0.472. The molecule has 104 valence electrons. The van der Waals surface area contributed by atoms with Crippen molar-refractivity contribution in [2.45, 2.75) is 31.5 Å². The number of rotatable bonds is 5. The largest absolute Gasteiger partial charge is 0.376 e. The maximum atomic E-state index is 11.0. The van der Waals surface area contributed by atoms with Gasteiger partial charge in [-0.15, -0.1) is 0 Å². The highest BCUT2D eigenvalue weighted by atomic mass is 79.9. The molecule has 0 radical (unpaired) electrons. The van der Waals surface area contributed by atoms with Crippen LogP contribution in [0.3, 0.4) is 0 Å². The van der Waals surface area contributed by atoms with Crippen LogP contribution < -0.4 is 11.1 Å². The molecule has 19 heavy (non-hydrogen) atoms. The Kier molecular flexibility index (Phi) is 4.33. The zero-order valence-corrected chi connectivity index (χ0v) is 12.0. The summed E-state index contributed by atoms with van der Waals surface area (Å²) in [4.78, 5) is 14.3. The Bertz CT molecular complexity index is 483. The van der Waals surface area contributed by atoms with Gasteiger partial charge in [-0.1, -0.05) is 0 Å². The van der Waals surface area contributed by atoms with E-state index in [2.05, 4.69) is 26.2 Å². The maximum Gasteiger partial charge on any atom is 0.311 e. The number of aromatic nitrogens is 1. The summed E-state index contributed by atoms with van der Waals surface area (Å²) < 4.78 is 6.07. The number of hydrogen-bond acceptors (Lipinski definition) is 6. The third kappa shape index (κ3) is 2.85. The zero-order chi connectivity index (χ0) is 14.0. The highest BCUT2D eigenvalue weighted by Crippen LogP contribution is 2.35. The van der Waals surface area contributed by atoms with Crippen LogP contribution in [0.25, 0.3) is 0 Å². The topological polar surface area (TPSA) is 103 Å². The smallest absolute Gasteiger partial charge is 0.311 e. The van der Waals surface area contributed by atoms with Gasteiger partial charge in [-0.25, -0.2) is 0 Å². The lowest BCUT2D eigenvalue weighted by Gasteiger charge is -2.42. The molecule has 8 heteroatoms. The molecule has 1 aromatic rings. The molecule has 1 aromatic heterocycles. The van der Waals surface area contributed by atoms with Crippen molar-refractivity contribution >= 4 is 27.3 Å². The van der Waals surface area contributed by atoms with E-state index in [0.29, 0.717) is 16.8 Å². The Morgan fingerprint density at radius 1 is 1.68 bits per heavy atom. The van der Waals surface area contributed by atoms with Gasteiger partial charge in [0.05, 0.1) is 21.5 Å². The van der Waals surface area contributed by atoms with Gasteiger partial charge in [0.1, 0.15) is 11.9 Å². The molecule has 0 amide bonds. The van der Waals surface area contributed by atoms with Crippen LogP contribution in [0.1, 0.15) is 13.3 Å². The number of nitrogens with zero attached hydrogens (tertiary/aromatic N) is 2. The summed E-state index contributed by atoms with van der Waals surface area (Å²) in [5.74, 6) is 0. The molecule has 2 rings (SSSR count). The van der Waals surface area contributed by atoms with E-state index < -0.39 is 4.92 Å². The second kappa shape index (κ2) is 5.81. The minimum Gasteiger partial charge on any atom is -0.376 e. The monoisotopic (exact) mass is 330 g/mol. The van der Waals surface area contributed by atoms with Gasteiger partial charge in [0.25, 0.3) is 0 Å². The van der Waals surface area contributed by atoms with Crippen molar-refractivity contribution in [2.75, 3.05) is 11.9 Å². The van der Waals surface area contributed by atoms with Crippen LogP contribution in [0.2, 0.25) is 0 Å². The summed E-state index contributed by atoms with van der Waals surface area (Å²) >= 11 is 3.26. The van der Waals surface area contributed by atoms with Crippen molar-refractivity contribution in [3.63, 3.8) is 0 Å². The van der Waals surface area contributed by atoms with E-state index in [4.69, 9.17) is 10.5 Å². The van der Waals surface area contributed by atoms with Crippen LogP contribution in [0.15, 0.2) is 16.9 Å². The number of nitro groups is 1. The van der Waals surface area contributed by atoms with Gasteiger partial charge in [-0.05, 0) is 29.3 Å². The van der Waals surface area contributed by atoms with Crippen molar-refractivity contribution in [1.82, 2.24) is 4.98 Å². The van der Waals surface area contributed by atoms with E-state index in [-0.39, 0.29) is 23.9 Å². The molecule has 3 unspecified atom stereocenters. The van der Waals surface area contributed by atoms with Gasteiger partial charge in [-0.3, -0.25) is 15.1 Å². The highest BCUT2D eigenvalue weighted by molar-refractivity contribution is 9.10. The number of anilines is 1. The number of halogens is 1. The summed E-state index contributed by atoms with van der Waals surface area (Å²) in [7, 11) is 0. The number of pyridine rings is 1. The molecule has 1 saturated carbocycles. The third-order valence-corrected chi connectivity index (χ3v) is 3.74. The molecular weight excluding hydrogens is 316 g/mol. The van der Waals surface area contributed by atoms with Gasteiger partial charge in [-0.2, -0.15) is 0 Å². The van der Waals surface area contributed by atoms with Crippen LogP contribution in [-0.4, -0.2) is 34.7 Å². The predicted molar refractivity (Wildman–Crippen MR) is 74.0 cm³/mol. The molecule has 0 spiro atoms. The minimum absolute atomic E-state index is 0.0142. The summed E-state index contributed by atoms with van der Waals surface area (Å²) in [5, 5.41) is 14.1. The van der Waals surface area contributed by atoms with Crippen LogP contribution in [0.4, 0.5) is 11.4 Å². The molecule has 0 aromatic carbocycles. The van der Waals surface area contributed by atoms with Gasteiger partial charge in [0, 0.05) is 18.8 Å². The maximum absolute atomic E-state index is 11.0. The first-order chi connectivity index (χ1) is 9.04. The van der Waals surface area contributed by atoms with Crippen LogP contribution in [0, 0.1) is 10.1 Å². The highest BCUT2D eigenvalue weighted by Gasteiger charge is 2.40. The molecule has 0 saturated heterocycles. The normalized spacial score (nSPS) is 25.7. The van der Waals surface area contributed by atoms with Gasteiger partial charge in [0.15, 0.2) is 0 Å². The van der Waals surface area contributed by atoms with E-state index in [1.54, 1.807) is 0 Å². The number of nitrogens with one attached hydrogen (secondary N) is 1. The molecule has 3 N–H and O–H groups in total. The fourth-order valence-electron chi connectivity index (χ4n) is 2.10. The second-order valence-electron chi connectivity index (χ2n) is 4.34. The Hall–Kier alpha value is -1.25.